The zero-order valence-electron chi connectivity index (χ0n) is 18.3. The van der Waals surface area contributed by atoms with Gasteiger partial charge < -0.3 is 0 Å². The molecule has 0 aliphatic rings. The lowest BCUT2D eigenvalue weighted by atomic mass is 10.1. The van der Waals surface area contributed by atoms with Gasteiger partial charge in [-0.3, -0.25) is 9.55 Å². The standard InChI is InChI=1S/C29H16N4S2/c1-4-10-21-18(7-1)24(17-13-15-30-16-14-17)32-29(31-21)33-25-19-8-2-5-11-22(19)34-27(25)28-26(33)20-9-3-6-12-23(20)35-28/h1-16H. The maximum Gasteiger partial charge on any atom is 0.235 e. The molecule has 0 radical (unpaired) electrons. The van der Waals surface area contributed by atoms with Crippen LogP contribution in [0.1, 0.15) is 0 Å². The third-order valence-electron chi connectivity index (χ3n) is 6.54. The normalized spacial score (nSPS) is 12.0. The van der Waals surface area contributed by atoms with Gasteiger partial charge in [-0.15, -0.1) is 22.7 Å². The zero-order chi connectivity index (χ0) is 22.9. The molecule has 0 saturated heterocycles. The number of aromatic nitrogens is 4. The van der Waals surface area contributed by atoms with E-state index in [9.17, 15) is 0 Å². The first-order valence-electron chi connectivity index (χ1n) is 11.4. The van der Waals surface area contributed by atoms with Gasteiger partial charge in [0.15, 0.2) is 0 Å². The summed E-state index contributed by atoms with van der Waals surface area (Å²) in [6.07, 6.45) is 3.63. The van der Waals surface area contributed by atoms with Gasteiger partial charge in [0.25, 0.3) is 0 Å². The second-order valence-electron chi connectivity index (χ2n) is 8.51. The van der Waals surface area contributed by atoms with Crippen molar-refractivity contribution in [1.29, 1.82) is 0 Å². The summed E-state index contributed by atoms with van der Waals surface area (Å²) in [4.78, 5) is 14.6. The van der Waals surface area contributed by atoms with Crippen molar-refractivity contribution in [1.82, 2.24) is 19.5 Å². The van der Waals surface area contributed by atoms with Crippen LogP contribution in [0, 0.1) is 0 Å². The molecule has 0 spiro atoms. The SMILES string of the molecule is c1ccc2c(-c3ccncc3)nc(-n3c4c5ccccc5sc4c4sc5ccccc5c43)nc2c1. The van der Waals surface area contributed by atoms with E-state index in [1.165, 1.54) is 40.6 Å². The van der Waals surface area contributed by atoms with Gasteiger partial charge in [-0.25, -0.2) is 9.97 Å². The van der Waals surface area contributed by atoms with E-state index in [-0.39, 0.29) is 0 Å². The number of rotatable bonds is 2. The van der Waals surface area contributed by atoms with Crippen molar-refractivity contribution >= 4 is 74.2 Å². The number of hydrogen-bond acceptors (Lipinski definition) is 5. The highest BCUT2D eigenvalue weighted by Crippen LogP contribution is 2.47. The number of nitrogens with zero attached hydrogens (tertiary/aromatic N) is 4. The van der Waals surface area contributed by atoms with Crippen molar-refractivity contribution in [3.63, 3.8) is 0 Å². The number of thiophene rings is 2. The molecular formula is C29H16N4S2. The van der Waals surface area contributed by atoms with Crippen LogP contribution in [0.2, 0.25) is 0 Å². The van der Waals surface area contributed by atoms with Crippen molar-refractivity contribution < 1.29 is 0 Å². The lowest BCUT2D eigenvalue weighted by Gasteiger charge is -2.11. The molecule has 0 amide bonds. The first kappa shape index (κ1) is 19.2. The minimum Gasteiger partial charge on any atom is -0.275 e. The van der Waals surface area contributed by atoms with E-state index >= 15 is 0 Å². The minimum absolute atomic E-state index is 0.697. The second-order valence-corrected chi connectivity index (χ2v) is 10.6. The van der Waals surface area contributed by atoms with E-state index in [0.717, 1.165) is 22.2 Å². The highest BCUT2D eigenvalue weighted by atomic mass is 32.1. The molecule has 35 heavy (non-hydrogen) atoms. The maximum absolute atomic E-state index is 5.22. The Hall–Kier alpha value is -4.13. The van der Waals surface area contributed by atoms with Crippen LogP contribution in [0.25, 0.3) is 68.7 Å². The fourth-order valence-electron chi connectivity index (χ4n) is 5.02. The highest BCUT2D eigenvalue weighted by Gasteiger charge is 2.23. The third kappa shape index (κ3) is 2.69. The molecule has 0 atom stereocenters. The Labute approximate surface area is 207 Å². The van der Waals surface area contributed by atoms with Crippen molar-refractivity contribution in [2.24, 2.45) is 0 Å². The third-order valence-corrected chi connectivity index (χ3v) is 9.02. The molecule has 164 valence electrons. The summed E-state index contributed by atoms with van der Waals surface area (Å²) in [5, 5.41) is 3.51. The van der Waals surface area contributed by atoms with Crippen LogP contribution in [0.4, 0.5) is 0 Å². The van der Waals surface area contributed by atoms with Gasteiger partial charge in [-0.05, 0) is 30.3 Å². The number of pyridine rings is 1. The molecule has 8 aromatic rings. The molecule has 0 aliphatic carbocycles. The Morgan fingerprint density at radius 2 is 1.14 bits per heavy atom. The number of benzene rings is 3. The predicted molar refractivity (Wildman–Crippen MR) is 148 cm³/mol. The van der Waals surface area contributed by atoms with Crippen LogP contribution in [0.3, 0.4) is 0 Å². The molecule has 0 fully saturated rings. The Morgan fingerprint density at radius 1 is 0.571 bits per heavy atom. The van der Waals surface area contributed by atoms with Crippen molar-refractivity contribution in [2.45, 2.75) is 0 Å². The van der Waals surface area contributed by atoms with E-state index in [2.05, 4.69) is 70.2 Å². The summed E-state index contributed by atoms with van der Waals surface area (Å²) in [5.74, 6) is 0.697. The van der Waals surface area contributed by atoms with E-state index in [1.54, 1.807) is 0 Å². The van der Waals surface area contributed by atoms with E-state index < -0.39 is 0 Å². The van der Waals surface area contributed by atoms with Crippen LogP contribution in [0.15, 0.2) is 97.3 Å². The average molecular weight is 485 g/mol. The smallest absolute Gasteiger partial charge is 0.235 e. The van der Waals surface area contributed by atoms with E-state index in [1.807, 2.05) is 59.3 Å². The van der Waals surface area contributed by atoms with Gasteiger partial charge in [-0.1, -0.05) is 54.6 Å². The van der Waals surface area contributed by atoms with Gasteiger partial charge in [0.1, 0.15) is 0 Å². The van der Waals surface area contributed by atoms with E-state index in [0.29, 0.717) is 5.95 Å². The predicted octanol–water partition coefficient (Wildman–Crippen LogP) is 8.22. The summed E-state index contributed by atoms with van der Waals surface area (Å²) in [6, 6.07) is 29.5. The lowest BCUT2D eigenvalue weighted by Crippen LogP contribution is -2.03. The van der Waals surface area contributed by atoms with Crippen LogP contribution in [0.5, 0.6) is 0 Å². The van der Waals surface area contributed by atoms with Gasteiger partial charge in [-0.2, -0.15) is 0 Å². The summed E-state index contributed by atoms with van der Waals surface area (Å²) >= 11 is 3.70. The van der Waals surface area contributed by atoms with Crippen LogP contribution in [-0.4, -0.2) is 19.5 Å². The fourth-order valence-corrected chi connectivity index (χ4v) is 7.53. The zero-order valence-corrected chi connectivity index (χ0v) is 20.0. The monoisotopic (exact) mass is 484 g/mol. The second kappa shape index (κ2) is 7.18. The fraction of sp³-hybridized carbons (Fsp3) is 0. The summed E-state index contributed by atoms with van der Waals surface area (Å²) in [6.45, 7) is 0. The number of hydrogen-bond donors (Lipinski definition) is 0. The molecule has 4 nitrogen and oxygen atoms in total. The largest absolute Gasteiger partial charge is 0.275 e. The molecule has 0 aliphatic heterocycles. The first-order valence-corrected chi connectivity index (χ1v) is 13.0. The first-order chi connectivity index (χ1) is 17.4. The minimum atomic E-state index is 0.697. The van der Waals surface area contributed by atoms with Crippen LogP contribution in [-0.2, 0) is 0 Å². The molecule has 0 unspecified atom stereocenters. The Morgan fingerprint density at radius 3 is 1.80 bits per heavy atom. The van der Waals surface area contributed by atoms with Gasteiger partial charge in [0, 0.05) is 43.5 Å². The average Bonchev–Trinajstić information content (AvgIpc) is 3.57. The molecule has 3 aromatic carbocycles. The molecule has 5 heterocycles. The van der Waals surface area contributed by atoms with E-state index in [4.69, 9.17) is 9.97 Å². The number of fused-ring (bicyclic) bond motifs is 8. The Kier molecular flexibility index (Phi) is 3.94. The maximum atomic E-state index is 5.22. The Balaban J connectivity index is 1.59. The summed E-state index contributed by atoms with van der Waals surface area (Å²) < 4.78 is 7.44. The molecular weight excluding hydrogens is 468 g/mol. The van der Waals surface area contributed by atoms with Crippen LogP contribution >= 0.6 is 22.7 Å². The lowest BCUT2D eigenvalue weighted by molar-refractivity contribution is 1.02. The molecule has 0 bridgehead atoms. The van der Waals surface area contributed by atoms with Crippen molar-refractivity contribution in [2.75, 3.05) is 0 Å². The van der Waals surface area contributed by atoms with Gasteiger partial charge in [0.2, 0.25) is 5.95 Å². The molecule has 0 N–H and O–H groups in total. The molecule has 8 rings (SSSR count). The molecule has 0 saturated carbocycles. The number of para-hydroxylation sites is 1. The van der Waals surface area contributed by atoms with Crippen molar-refractivity contribution in [3.05, 3.63) is 97.3 Å². The Bertz CT molecular complexity index is 1980. The quantitative estimate of drug-likeness (QED) is 0.248. The molecule has 6 heteroatoms. The van der Waals surface area contributed by atoms with Gasteiger partial charge in [0.05, 0.1) is 31.6 Å². The molecule has 5 aromatic heterocycles. The summed E-state index contributed by atoms with van der Waals surface area (Å²) in [5.41, 5.74) is 5.26. The van der Waals surface area contributed by atoms with Crippen LogP contribution < -0.4 is 0 Å². The van der Waals surface area contributed by atoms with Gasteiger partial charge >= 0.3 is 0 Å². The topological polar surface area (TPSA) is 43.6 Å². The summed E-state index contributed by atoms with van der Waals surface area (Å²) in [7, 11) is 0. The highest BCUT2D eigenvalue weighted by molar-refractivity contribution is 7.33. The van der Waals surface area contributed by atoms with Crippen molar-refractivity contribution in [3.8, 4) is 17.2 Å².